The standard InChI is InChI=1S/C21H30NO/c1-4-6-7-18(5-2)12-15-22-16-13-20(14-17-22)19-8-10-21(23-3)11-9-19/h8-11,13-14,16-18H,4-7,12,15H2,1-3H3/q+1. The molecule has 2 heteroatoms. The molecule has 1 unspecified atom stereocenters. The number of ether oxygens (including phenoxy) is 1. The molecular weight excluding hydrogens is 282 g/mol. The number of pyridine rings is 1. The van der Waals surface area contributed by atoms with Gasteiger partial charge in [-0.3, -0.25) is 0 Å². The highest BCUT2D eigenvalue weighted by Gasteiger charge is 2.09. The molecule has 0 amide bonds. The van der Waals surface area contributed by atoms with Crippen molar-refractivity contribution < 1.29 is 9.30 Å². The predicted molar refractivity (Wildman–Crippen MR) is 96.5 cm³/mol. The van der Waals surface area contributed by atoms with Crippen LogP contribution in [-0.2, 0) is 6.54 Å². The third kappa shape index (κ3) is 5.38. The zero-order valence-electron chi connectivity index (χ0n) is 14.8. The fraction of sp³-hybridized carbons (Fsp3) is 0.476. The van der Waals surface area contributed by atoms with E-state index in [2.05, 4.69) is 55.1 Å². The van der Waals surface area contributed by atoms with Crippen molar-refractivity contribution in [1.29, 1.82) is 0 Å². The molecule has 0 aliphatic heterocycles. The molecule has 0 fully saturated rings. The van der Waals surface area contributed by atoms with Crippen LogP contribution in [0.25, 0.3) is 11.1 Å². The van der Waals surface area contributed by atoms with Crippen LogP contribution < -0.4 is 9.30 Å². The van der Waals surface area contributed by atoms with Crippen LogP contribution in [0, 0.1) is 5.92 Å². The first-order chi connectivity index (χ1) is 11.3. The molecule has 124 valence electrons. The van der Waals surface area contributed by atoms with Crippen LogP contribution in [0.3, 0.4) is 0 Å². The Bertz CT molecular complexity index is 559. The van der Waals surface area contributed by atoms with Gasteiger partial charge in [-0.2, -0.15) is 0 Å². The molecule has 2 nitrogen and oxygen atoms in total. The number of aromatic nitrogens is 1. The van der Waals surface area contributed by atoms with Crippen molar-refractivity contribution in [2.45, 2.75) is 52.5 Å². The van der Waals surface area contributed by atoms with Crippen LogP contribution in [0.5, 0.6) is 5.75 Å². The molecule has 0 bridgehead atoms. The fourth-order valence-electron chi connectivity index (χ4n) is 2.96. The average Bonchev–Trinajstić information content (AvgIpc) is 2.62. The van der Waals surface area contributed by atoms with Gasteiger partial charge in [-0.25, -0.2) is 4.57 Å². The third-order valence-corrected chi connectivity index (χ3v) is 4.65. The minimum absolute atomic E-state index is 0.865. The normalized spacial score (nSPS) is 12.1. The molecule has 1 heterocycles. The van der Waals surface area contributed by atoms with E-state index in [-0.39, 0.29) is 0 Å². The van der Waals surface area contributed by atoms with Gasteiger partial charge in [-0.15, -0.1) is 0 Å². The van der Waals surface area contributed by atoms with Crippen LogP contribution >= 0.6 is 0 Å². The summed E-state index contributed by atoms with van der Waals surface area (Å²) in [5, 5.41) is 0. The smallest absolute Gasteiger partial charge is 0.169 e. The molecule has 1 aromatic carbocycles. The minimum Gasteiger partial charge on any atom is -0.497 e. The maximum atomic E-state index is 5.21. The molecule has 1 atom stereocenters. The van der Waals surface area contributed by atoms with E-state index < -0.39 is 0 Å². The van der Waals surface area contributed by atoms with Gasteiger partial charge in [0.1, 0.15) is 12.3 Å². The maximum Gasteiger partial charge on any atom is 0.169 e. The topological polar surface area (TPSA) is 13.1 Å². The number of rotatable bonds is 9. The van der Waals surface area contributed by atoms with Crippen LogP contribution in [0.2, 0.25) is 0 Å². The second-order valence-electron chi connectivity index (χ2n) is 6.26. The van der Waals surface area contributed by atoms with E-state index >= 15 is 0 Å². The molecule has 2 aromatic rings. The summed E-state index contributed by atoms with van der Waals surface area (Å²) in [6, 6.07) is 12.6. The average molecular weight is 312 g/mol. The van der Waals surface area contributed by atoms with E-state index in [1.54, 1.807) is 7.11 Å². The van der Waals surface area contributed by atoms with Crippen molar-refractivity contribution in [2.24, 2.45) is 5.92 Å². The highest BCUT2D eigenvalue weighted by Crippen LogP contribution is 2.21. The molecule has 0 saturated heterocycles. The summed E-state index contributed by atoms with van der Waals surface area (Å²) in [5.74, 6) is 1.76. The number of aryl methyl sites for hydroxylation is 1. The Labute approximate surface area is 141 Å². The second kappa shape index (κ2) is 9.34. The SMILES string of the molecule is CCCCC(CC)CC[n+]1ccc(-c2ccc(OC)cc2)cc1. The van der Waals surface area contributed by atoms with Crippen LogP contribution in [0.1, 0.15) is 46.0 Å². The largest absolute Gasteiger partial charge is 0.497 e. The van der Waals surface area contributed by atoms with Gasteiger partial charge < -0.3 is 4.74 Å². The lowest BCUT2D eigenvalue weighted by atomic mass is 9.96. The van der Waals surface area contributed by atoms with E-state index in [9.17, 15) is 0 Å². The summed E-state index contributed by atoms with van der Waals surface area (Å²) >= 11 is 0. The summed E-state index contributed by atoms with van der Waals surface area (Å²) in [6.45, 7) is 5.71. The van der Waals surface area contributed by atoms with Crippen molar-refractivity contribution in [3.8, 4) is 16.9 Å². The van der Waals surface area contributed by atoms with Crippen LogP contribution in [-0.4, -0.2) is 7.11 Å². The summed E-state index contributed by atoms with van der Waals surface area (Å²) in [7, 11) is 1.70. The number of methoxy groups -OCH3 is 1. The fourth-order valence-corrected chi connectivity index (χ4v) is 2.96. The van der Waals surface area contributed by atoms with Crippen molar-refractivity contribution in [3.05, 3.63) is 48.8 Å². The van der Waals surface area contributed by atoms with Crippen molar-refractivity contribution in [2.75, 3.05) is 7.11 Å². The molecule has 0 N–H and O–H groups in total. The lowest BCUT2D eigenvalue weighted by molar-refractivity contribution is -0.698. The molecule has 2 rings (SSSR count). The van der Waals surface area contributed by atoms with Crippen molar-refractivity contribution >= 4 is 0 Å². The number of hydrogen-bond donors (Lipinski definition) is 0. The molecular formula is C21H30NO+. The summed E-state index contributed by atoms with van der Waals surface area (Å²) in [6.07, 6.45) is 11.0. The van der Waals surface area contributed by atoms with Gasteiger partial charge in [0.2, 0.25) is 0 Å². The van der Waals surface area contributed by atoms with E-state index in [0.717, 1.165) is 18.2 Å². The number of benzene rings is 1. The highest BCUT2D eigenvalue weighted by atomic mass is 16.5. The molecule has 0 spiro atoms. The van der Waals surface area contributed by atoms with Crippen molar-refractivity contribution in [1.82, 2.24) is 0 Å². The lowest BCUT2D eigenvalue weighted by Gasteiger charge is -2.12. The molecule has 0 aliphatic carbocycles. The number of nitrogens with zero attached hydrogens (tertiary/aromatic N) is 1. The zero-order chi connectivity index (χ0) is 16.5. The summed E-state index contributed by atoms with van der Waals surface area (Å²) < 4.78 is 7.52. The Balaban J connectivity index is 1.93. The van der Waals surface area contributed by atoms with Gasteiger partial charge in [0.05, 0.1) is 7.11 Å². The van der Waals surface area contributed by atoms with Gasteiger partial charge in [-0.1, -0.05) is 51.7 Å². The van der Waals surface area contributed by atoms with E-state index in [0.29, 0.717) is 0 Å². The lowest BCUT2D eigenvalue weighted by Crippen LogP contribution is -2.33. The Kier molecular flexibility index (Phi) is 7.12. The van der Waals surface area contributed by atoms with Gasteiger partial charge in [0, 0.05) is 18.6 Å². The molecule has 0 saturated carbocycles. The zero-order valence-corrected chi connectivity index (χ0v) is 14.8. The predicted octanol–water partition coefficient (Wildman–Crippen LogP) is 5.26. The molecule has 23 heavy (non-hydrogen) atoms. The second-order valence-corrected chi connectivity index (χ2v) is 6.26. The van der Waals surface area contributed by atoms with E-state index in [4.69, 9.17) is 4.74 Å². The minimum atomic E-state index is 0.865. The first-order valence-electron chi connectivity index (χ1n) is 8.90. The maximum absolute atomic E-state index is 5.21. The van der Waals surface area contributed by atoms with Crippen molar-refractivity contribution in [3.63, 3.8) is 0 Å². The summed E-state index contributed by atoms with van der Waals surface area (Å²) in [5.41, 5.74) is 2.48. The molecule has 1 aromatic heterocycles. The number of unbranched alkanes of at least 4 members (excludes halogenated alkanes) is 1. The first kappa shape index (κ1) is 17.5. The third-order valence-electron chi connectivity index (χ3n) is 4.65. The molecule has 0 radical (unpaired) electrons. The highest BCUT2D eigenvalue weighted by molar-refractivity contribution is 5.63. The van der Waals surface area contributed by atoms with Gasteiger partial charge in [0.25, 0.3) is 0 Å². The quantitative estimate of drug-likeness (QED) is 0.576. The van der Waals surface area contributed by atoms with E-state index in [1.807, 2.05) is 12.1 Å². The van der Waals surface area contributed by atoms with Gasteiger partial charge in [-0.05, 0) is 29.2 Å². The van der Waals surface area contributed by atoms with Crippen LogP contribution in [0.15, 0.2) is 48.8 Å². The van der Waals surface area contributed by atoms with Gasteiger partial charge in [0.15, 0.2) is 12.4 Å². The monoisotopic (exact) mass is 312 g/mol. The summed E-state index contributed by atoms with van der Waals surface area (Å²) in [4.78, 5) is 0. The molecule has 0 aliphatic rings. The first-order valence-corrected chi connectivity index (χ1v) is 8.90. The van der Waals surface area contributed by atoms with Gasteiger partial charge >= 0.3 is 0 Å². The van der Waals surface area contributed by atoms with E-state index in [1.165, 1.54) is 43.2 Å². The number of hydrogen-bond acceptors (Lipinski definition) is 1. The Morgan fingerprint density at radius 1 is 0.913 bits per heavy atom. The Hall–Kier alpha value is -1.83. The Morgan fingerprint density at radius 2 is 1.57 bits per heavy atom. The Morgan fingerprint density at radius 3 is 2.13 bits per heavy atom. The van der Waals surface area contributed by atoms with Crippen LogP contribution in [0.4, 0.5) is 0 Å².